The number of hydrogen-bond acceptors (Lipinski definition) is 3. The minimum atomic E-state index is 0.281. The van der Waals surface area contributed by atoms with Crippen LogP contribution in [0.1, 0.15) is 32.4 Å². The van der Waals surface area contributed by atoms with Crippen LogP contribution in [0.2, 0.25) is 0 Å². The van der Waals surface area contributed by atoms with Gasteiger partial charge in [-0.3, -0.25) is 4.98 Å². The van der Waals surface area contributed by atoms with Crippen LogP contribution in [-0.4, -0.2) is 30.2 Å². The molecule has 0 bridgehead atoms. The Balaban J connectivity index is 2.14. The molecule has 0 saturated carbocycles. The van der Waals surface area contributed by atoms with Crippen molar-refractivity contribution in [2.75, 3.05) is 24.5 Å². The maximum absolute atomic E-state index is 4.39. The molecule has 1 aromatic rings. The molecule has 0 radical (unpaired) electrons. The summed E-state index contributed by atoms with van der Waals surface area (Å²) < 4.78 is 0. The zero-order valence-corrected chi connectivity index (χ0v) is 11.2. The zero-order chi connectivity index (χ0) is 12.3. The van der Waals surface area contributed by atoms with Crippen LogP contribution >= 0.6 is 0 Å². The lowest BCUT2D eigenvalue weighted by Gasteiger charge is -2.44. The molecule has 0 atom stereocenters. The van der Waals surface area contributed by atoms with Crippen LogP contribution in [0.3, 0.4) is 0 Å². The van der Waals surface area contributed by atoms with Gasteiger partial charge in [-0.05, 0) is 31.9 Å². The molecule has 94 valence electrons. The van der Waals surface area contributed by atoms with Crippen molar-refractivity contribution in [2.24, 2.45) is 0 Å². The number of nitrogens with zero attached hydrogens (tertiary/aromatic N) is 2. The van der Waals surface area contributed by atoms with Crippen molar-refractivity contribution in [1.29, 1.82) is 0 Å². The summed E-state index contributed by atoms with van der Waals surface area (Å²) >= 11 is 0. The van der Waals surface area contributed by atoms with E-state index in [1.807, 2.05) is 13.1 Å². The molecule has 17 heavy (non-hydrogen) atoms. The fraction of sp³-hybridized carbons (Fsp3) is 0.643. The third-order valence-corrected chi connectivity index (χ3v) is 3.99. The van der Waals surface area contributed by atoms with Crippen molar-refractivity contribution in [3.8, 4) is 0 Å². The van der Waals surface area contributed by atoms with Crippen molar-refractivity contribution in [2.45, 2.75) is 39.2 Å². The fourth-order valence-electron chi connectivity index (χ4n) is 2.55. The summed E-state index contributed by atoms with van der Waals surface area (Å²) in [6.45, 7) is 9.80. The van der Waals surface area contributed by atoms with Crippen LogP contribution in [0.4, 0.5) is 5.69 Å². The lowest BCUT2D eigenvalue weighted by Crippen LogP contribution is -2.60. The lowest BCUT2D eigenvalue weighted by molar-refractivity contribution is 0.277. The van der Waals surface area contributed by atoms with Crippen molar-refractivity contribution < 1.29 is 0 Å². The first kappa shape index (κ1) is 12.4. The van der Waals surface area contributed by atoms with Gasteiger partial charge in [0, 0.05) is 30.9 Å². The molecule has 2 heterocycles. The van der Waals surface area contributed by atoms with Gasteiger partial charge in [0.25, 0.3) is 0 Å². The Morgan fingerprint density at radius 3 is 2.71 bits per heavy atom. The molecule has 1 aliphatic heterocycles. The van der Waals surface area contributed by atoms with E-state index in [0.29, 0.717) is 0 Å². The molecule has 0 unspecified atom stereocenters. The van der Waals surface area contributed by atoms with Gasteiger partial charge in [0.1, 0.15) is 0 Å². The molecule has 1 fully saturated rings. The molecule has 1 aromatic heterocycles. The van der Waals surface area contributed by atoms with Gasteiger partial charge in [0.2, 0.25) is 0 Å². The van der Waals surface area contributed by atoms with Crippen LogP contribution in [0.15, 0.2) is 18.3 Å². The van der Waals surface area contributed by atoms with E-state index in [-0.39, 0.29) is 5.54 Å². The van der Waals surface area contributed by atoms with E-state index in [9.17, 15) is 0 Å². The SMILES string of the molecule is CCC1(CC)CN(c2ccc(C)nc2)CCN1. The molecule has 0 aliphatic carbocycles. The molecule has 0 amide bonds. The number of hydrogen-bond donors (Lipinski definition) is 1. The van der Waals surface area contributed by atoms with Crippen LogP contribution < -0.4 is 10.2 Å². The standard InChI is InChI=1S/C14H23N3/c1-4-14(5-2)11-17(9-8-16-14)13-7-6-12(3)15-10-13/h6-7,10,16H,4-5,8-9,11H2,1-3H3. The normalized spacial score (nSPS) is 19.4. The Morgan fingerprint density at radius 1 is 1.35 bits per heavy atom. The summed E-state index contributed by atoms with van der Waals surface area (Å²) in [5, 5.41) is 3.68. The van der Waals surface area contributed by atoms with Gasteiger partial charge in [-0.1, -0.05) is 13.8 Å². The number of aromatic nitrogens is 1. The molecule has 1 N–H and O–H groups in total. The maximum atomic E-state index is 4.39. The smallest absolute Gasteiger partial charge is 0.0554 e. The largest absolute Gasteiger partial charge is 0.367 e. The average molecular weight is 233 g/mol. The molecule has 3 nitrogen and oxygen atoms in total. The van der Waals surface area contributed by atoms with E-state index < -0.39 is 0 Å². The van der Waals surface area contributed by atoms with Gasteiger partial charge in [0.15, 0.2) is 0 Å². The number of nitrogens with one attached hydrogen (secondary N) is 1. The third-order valence-electron chi connectivity index (χ3n) is 3.99. The van der Waals surface area contributed by atoms with Gasteiger partial charge >= 0.3 is 0 Å². The van der Waals surface area contributed by atoms with Gasteiger partial charge in [-0.15, -0.1) is 0 Å². The third kappa shape index (κ3) is 2.60. The highest BCUT2D eigenvalue weighted by molar-refractivity contribution is 5.45. The first-order valence-electron chi connectivity index (χ1n) is 6.62. The molecular weight excluding hydrogens is 210 g/mol. The Hall–Kier alpha value is -1.09. The minimum absolute atomic E-state index is 0.281. The summed E-state index contributed by atoms with van der Waals surface area (Å²) in [6.07, 6.45) is 4.36. The number of piperazine rings is 1. The minimum Gasteiger partial charge on any atom is -0.367 e. The Kier molecular flexibility index (Phi) is 3.67. The van der Waals surface area contributed by atoms with Gasteiger partial charge < -0.3 is 10.2 Å². The molecular formula is C14H23N3. The Labute approximate surface area is 104 Å². The second-order valence-corrected chi connectivity index (χ2v) is 4.99. The van der Waals surface area contributed by atoms with Crippen molar-refractivity contribution in [3.05, 3.63) is 24.0 Å². The Morgan fingerprint density at radius 2 is 2.12 bits per heavy atom. The second-order valence-electron chi connectivity index (χ2n) is 4.99. The number of aryl methyl sites for hydroxylation is 1. The molecule has 2 rings (SSSR count). The summed E-state index contributed by atoms with van der Waals surface area (Å²) in [5.74, 6) is 0. The molecule has 1 aliphatic rings. The van der Waals surface area contributed by atoms with Gasteiger partial charge in [0.05, 0.1) is 11.9 Å². The maximum Gasteiger partial charge on any atom is 0.0554 e. The summed E-state index contributed by atoms with van der Waals surface area (Å²) in [6, 6.07) is 4.28. The predicted octanol–water partition coefficient (Wildman–Crippen LogP) is 2.36. The quantitative estimate of drug-likeness (QED) is 0.868. The highest BCUT2D eigenvalue weighted by atomic mass is 15.2. The van der Waals surface area contributed by atoms with E-state index in [1.165, 1.54) is 18.5 Å². The fourth-order valence-corrected chi connectivity index (χ4v) is 2.55. The topological polar surface area (TPSA) is 28.2 Å². The van der Waals surface area contributed by atoms with E-state index in [0.717, 1.165) is 25.3 Å². The number of rotatable bonds is 3. The van der Waals surface area contributed by atoms with E-state index >= 15 is 0 Å². The zero-order valence-electron chi connectivity index (χ0n) is 11.2. The van der Waals surface area contributed by atoms with Crippen molar-refractivity contribution in [3.63, 3.8) is 0 Å². The first-order chi connectivity index (χ1) is 8.19. The first-order valence-corrected chi connectivity index (χ1v) is 6.62. The molecule has 3 heteroatoms. The molecule has 1 saturated heterocycles. The highest BCUT2D eigenvalue weighted by Crippen LogP contribution is 2.24. The van der Waals surface area contributed by atoms with Crippen LogP contribution in [0.5, 0.6) is 0 Å². The van der Waals surface area contributed by atoms with E-state index in [2.05, 4.69) is 41.2 Å². The highest BCUT2D eigenvalue weighted by Gasteiger charge is 2.31. The lowest BCUT2D eigenvalue weighted by atomic mass is 9.90. The number of pyridine rings is 1. The van der Waals surface area contributed by atoms with Crippen molar-refractivity contribution >= 4 is 5.69 Å². The van der Waals surface area contributed by atoms with Gasteiger partial charge in [-0.2, -0.15) is 0 Å². The summed E-state index contributed by atoms with van der Waals surface area (Å²) in [5.41, 5.74) is 2.62. The van der Waals surface area contributed by atoms with E-state index in [1.54, 1.807) is 0 Å². The molecule has 0 spiro atoms. The van der Waals surface area contributed by atoms with Crippen molar-refractivity contribution in [1.82, 2.24) is 10.3 Å². The summed E-state index contributed by atoms with van der Waals surface area (Å²) in [7, 11) is 0. The monoisotopic (exact) mass is 233 g/mol. The Bertz CT molecular complexity index is 354. The van der Waals surface area contributed by atoms with Crippen LogP contribution in [0, 0.1) is 6.92 Å². The van der Waals surface area contributed by atoms with Crippen LogP contribution in [0.25, 0.3) is 0 Å². The number of anilines is 1. The molecule has 0 aromatic carbocycles. The van der Waals surface area contributed by atoms with Gasteiger partial charge in [-0.25, -0.2) is 0 Å². The van der Waals surface area contributed by atoms with E-state index in [4.69, 9.17) is 0 Å². The second kappa shape index (κ2) is 5.05. The average Bonchev–Trinajstić information content (AvgIpc) is 2.39. The van der Waals surface area contributed by atoms with Crippen LogP contribution in [-0.2, 0) is 0 Å². The summed E-state index contributed by atoms with van der Waals surface area (Å²) in [4.78, 5) is 6.85. The predicted molar refractivity (Wildman–Crippen MR) is 72.5 cm³/mol.